The fraction of sp³-hybridized carbons (Fsp3) is 0.227. The molecular weight excluding hydrogens is 386 g/mol. The van der Waals surface area contributed by atoms with Gasteiger partial charge >= 0.3 is 6.36 Å². The summed E-state index contributed by atoms with van der Waals surface area (Å²) in [5, 5.41) is 0. The monoisotopic (exact) mass is 405 g/mol. The van der Waals surface area contributed by atoms with Gasteiger partial charge < -0.3 is 4.74 Å². The molecule has 0 radical (unpaired) electrons. The highest BCUT2D eigenvalue weighted by Crippen LogP contribution is 2.32. The number of hydrogen-bond donors (Lipinski definition) is 0. The van der Waals surface area contributed by atoms with Crippen molar-refractivity contribution in [3.05, 3.63) is 82.5 Å². The normalized spacial score (nSPS) is 12.1. The largest absolute Gasteiger partial charge is 0.573 e. The molecule has 3 nitrogen and oxygen atoms in total. The van der Waals surface area contributed by atoms with Crippen LogP contribution in [0.25, 0.3) is 16.8 Å². The first-order chi connectivity index (χ1) is 13.4. The van der Waals surface area contributed by atoms with Gasteiger partial charge in [0.25, 0.3) is 5.56 Å². The van der Waals surface area contributed by atoms with Gasteiger partial charge in [-0.15, -0.1) is 13.2 Å². The minimum absolute atomic E-state index is 0.328. The summed E-state index contributed by atoms with van der Waals surface area (Å²) in [5.74, 6) is -0.751. The van der Waals surface area contributed by atoms with Crippen molar-refractivity contribution in [3.63, 3.8) is 0 Å². The lowest BCUT2D eigenvalue weighted by atomic mass is 9.82. The molecule has 152 valence electrons. The summed E-state index contributed by atoms with van der Waals surface area (Å²) in [6.45, 7) is 5.88. The number of ether oxygens (including phenoxy) is 1. The number of aromatic nitrogens is 1. The third-order valence-corrected chi connectivity index (χ3v) is 4.37. The molecule has 0 fully saturated rings. The molecule has 2 aromatic carbocycles. The van der Waals surface area contributed by atoms with Crippen LogP contribution < -0.4 is 10.3 Å². The molecule has 0 aliphatic heterocycles. The van der Waals surface area contributed by atoms with E-state index in [1.54, 1.807) is 18.3 Å². The van der Waals surface area contributed by atoms with E-state index in [9.17, 15) is 22.4 Å². The number of pyridine rings is 1. The van der Waals surface area contributed by atoms with Gasteiger partial charge in [0.15, 0.2) is 0 Å². The van der Waals surface area contributed by atoms with Crippen LogP contribution in [0, 0.1) is 5.82 Å². The standard InChI is InChI=1S/C22H19F4NO2/c1-21(2,3)19-12-20(28)27(13-18(19)14-4-6-15(23)7-5-14)16-8-10-17(11-9-16)29-22(24,25)26/h4-13H,1-3H3. The van der Waals surface area contributed by atoms with Crippen LogP contribution in [0.1, 0.15) is 26.3 Å². The summed E-state index contributed by atoms with van der Waals surface area (Å²) in [6.07, 6.45) is -3.17. The highest BCUT2D eigenvalue weighted by molar-refractivity contribution is 5.68. The van der Waals surface area contributed by atoms with Crippen molar-refractivity contribution in [3.8, 4) is 22.6 Å². The van der Waals surface area contributed by atoms with E-state index in [1.807, 2.05) is 20.8 Å². The van der Waals surface area contributed by atoms with Crippen LogP contribution in [0.3, 0.4) is 0 Å². The Morgan fingerprint density at radius 3 is 2.00 bits per heavy atom. The lowest BCUT2D eigenvalue weighted by Gasteiger charge is -2.24. The maximum absolute atomic E-state index is 13.4. The highest BCUT2D eigenvalue weighted by Gasteiger charge is 2.31. The van der Waals surface area contributed by atoms with Crippen LogP contribution in [-0.4, -0.2) is 10.9 Å². The van der Waals surface area contributed by atoms with E-state index in [0.29, 0.717) is 5.69 Å². The van der Waals surface area contributed by atoms with Gasteiger partial charge in [0.05, 0.1) is 0 Å². The summed E-state index contributed by atoms with van der Waals surface area (Å²) in [6, 6.07) is 12.4. The van der Waals surface area contributed by atoms with Crippen molar-refractivity contribution in [1.82, 2.24) is 4.57 Å². The van der Waals surface area contributed by atoms with Crippen molar-refractivity contribution in [1.29, 1.82) is 0 Å². The van der Waals surface area contributed by atoms with Crippen LogP contribution in [0.2, 0.25) is 0 Å². The van der Waals surface area contributed by atoms with Crippen LogP contribution in [0.4, 0.5) is 17.6 Å². The number of nitrogens with zero attached hydrogens (tertiary/aromatic N) is 1. The summed E-state index contributed by atoms with van der Waals surface area (Å²) in [5.41, 5.74) is 1.93. The van der Waals surface area contributed by atoms with E-state index in [4.69, 9.17) is 0 Å². The molecule has 0 aliphatic rings. The minimum atomic E-state index is -4.79. The second-order valence-corrected chi connectivity index (χ2v) is 7.61. The average molecular weight is 405 g/mol. The fourth-order valence-corrected chi connectivity index (χ4v) is 3.02. The van der Waals surface area contributed by atoms with Gasteiger partial charge in [-0.05, 0) is 52.9 Å². The molecule has 1 heterocycles. The third-order valence-electron chi connectivity index (χ3n) is 4.37. The second-order valence-electron chi connectivity index (χ2n) is 7.61. The molecule has 0 spiro atoms. The van der Waals surface area contributed by atoms with E-state index in [1.165, 1.54) is 34.9 Å². The summed E-state index contributed by atoms with van der Waals surface area (Å²) < 4.78 is 55.6. The molecule has 1 aromatic heterocycles. The van der Waals surface area contributed by atoms with Crippen molar-refractivity contribution in [2.45, 2.75) is 32.5 Å². The van der Waals surface area contributed by atoms with Crippen LogP contribution in [-0.2, 0) is 5.41 Å². The molecule has 3 aromatic rings. The Bertz CT molecular complexity index is 1060. The average Bonchev–Trinajstić information content (AvgIpc) is 2.61. The van der Waals surface area contributed by atoms with Crippen molar-refractivity contribution in [2.24, 2.45) is 0 Å². The zero-order valence-electron chi connectivity index (χ0n) is 16.0. The molecule has 0 bridgehead atoms. The van der Waals surface area contributed by atoms with E-state index >= 15 is 0 Å². The van der Waals surface area contributed by atoms with E-state index in [0.717, 1.165) is 28.8 Å². The molecule has 0 saturated carbocycles. The van der Waals surface area contributed by atoms with Gasteiger partial charge in [0.1, 0.15) is 11.6 Å². The van der Waals surface area contributed by atoms with Crippen LogP contribution in [0.5, 0.6) is 5.75 Å². The Kier molecular flexibility index (Phi) is 5.26. The van der Waals surface area contributed by atoms with Crippen LogP contribution in [0.15, 0.2) is 65.6 Å². The van der Waals surface area contributed by atoms with Crippen LogP contribution >= 0.6 is 0 Å². The summed E-state index contributed by atoms with van der Waals surface area (Å²) >= 11 is 0. The number of hydrogen-bond acceptors (Lipinski definition) is 2. The van der Waals surface area contributed by atoms with E-state index < -0.39 is 6.36 Å². The van der Waals surface area contributed by atoms with Crippen molar-refractivity contribution in [2.75, 3.05) is 0 Å². The quantitative estimate of drug-likeness (QED) is 0.513. The maximum Gasteiger partial charge on any atom is 0.573 e. The third kappa shape index (κ3) is 4.85. The molecule has 0 saturated heterocycles. The molecular formula is C22H19F4NO2. The Labute approximate surface area is 165 Å². The van der Waals surface area contributed by atoms with E-state index in [-0.39, 0.29) is 22.5 Å². The Morgan fingerprint density at radius 2 is 1.48 bits per heavy atom. The molecule has 0 amide bonds. The Balaban J connectivity index is 2.12. The molecule has 7 heteroatoms. The molecule has 29 heavy (non-hydrogen) atoms. The molecule has 0 unspecified atom stereocenters. The lowest BCUT2D eigenvalue weighted by Crippen LogP contribution is -2.23. The minimum Gasteiger partial charge on any atom is -0.406 e. The highest BCUT2D eigenvalue weighted by atomic mass is 19.4. The zero-order chi connectivity index (χ0) is 21.4. The van der Waals surface area contributed by atoms with Gasteiger partial charge in [0, 0.05) is 23.5 Å². The van der Waals surface area contributed by atoms with Gasteiger partial charge in [0.2, 0.25) is 0 Å². The predicted octanol–water partition coefficient (Wildman–Crippen LogP) is 5.84. The van der Waals surface area contributed by atoms with Gasteiger partial charge in [-0.2, -0.15) is 0 Å². The first-order valence-corrected chi connectivity index (χ1v) is 8.83. The maximum atomic E-state index is 13.4. The zero-order valence-corrected chi connectivity index (χ0v) is 16.0. The topological polar surface area (TPSA) is 31.2 Å². The Morgan fingerprint density at radius 1 is 0.897 bits per heavy atom. The second kappa shape index (κ2) is 7.39. The molecule has 3 rings (SSSR count). The first-order valence-electron chi connectivity index (χ1n) is 8.83. The lowest BCUT2D eigenvalue weighted by molar-refractivity contribution is -0.274. The van der Waals surface area contributed by atoms with Gasteiger partial charge in [-0.25, -0.2) is 4.39 Å². The van der Waals surface area contributed by atoms with Crippen molar-refractivity contribution >= 4 is 0 Å². The number of benzene rings is 2. The number of halogens is 4. The molecule has 0 atom stereocenters. The smallest absolute Gasteiger partial charge is 0.406 e. The first kappa shape index (κ1) is 20.6. The number of alkyl halides is 3. The fourth-order valence-electron chi connectivity index (χ4n) is 3.02. The van der Waals surface area contributed by atoms with Gasteiger partial charge in [-0.1, -0.05) is 32.9 Å². The molecule has 0 N–H and O–H groups in total. The number of rotatable bonds is 3. The summed E-state index contributed by atoms with van der Waals surface area (Å²) in [7, 11) is 0. The SMILES string of the molecule is CC(C)(C)c1cc(=O)n(-c2ccc(OC(F)(F)F)cc2)cc1-c1ccc(F)cc1. The molecule has 0 aliphatic carbocycles. The predicted molar refractivity (Wildman–Crippen MR) is 103 cm³/mol. The summed E-state index contributed by atoms with van der Waals surface area (Å²) in [4.78, 5) is 12.7. The van der Waals surface area contributed by atoms with E-state index in [2.05, 4.69) is 4.74 Å². The Hall–Kier alpha value is -3.09. The van der Waals surface area contributed by atoms with Crippen molar-refractivity contribution < 1.29 is 22.3 Å². The van der Waals surface area contributed by atoms with Gasteiger partial charge in [-0.3, -0.25) is 9.36 Å².